The molecular weight excluding hydrogens is 338 g/mol. The first-order valence-electron chi connectivity index (χ1n) is 7.68. The van der Waals surface area contributed by atoms with Crippen LogP contribution in [0.3, 0.4) is 0 Å². The van der Waals surface area contributed by atoms with Crippen molar-refractivity contribution in [2.45, 2.75) is 13.8 Å². The van der Waals surface area contributed by atoms with E-state index in [1.165, 1.54) is 11.3 Å². The Morgan fingerprint density at radius 1 is 1.00 bits per heavy atom. The highest BCUT2D eigenvalue weighted by molar-refractivity contribution is 7.22. The Bertz CT molecular complexity index is 875. The topological polar surface area (TPSA) is 72.5 Å². The van der Waals surface area contributed by atoms with Crippen molar-refractivity contribution in [3.05, 3.63) is 41.5 Å². The number of anilines is 2. The van der Waals surface area contributed by atoms with Gasteiger partial charge in [0.25, 0.3) is 0 Å². The lowest BCUT2D eigenvalue weighted by Crippen LogP contribution is -2.19. The number of ether oxygens (including phenoxy) is 2. The van der Waals surface area contributed by atoms with Crippen molar-refractivity contribution in [2.75, 3.05) is 24.9 Å². The highest BCUT2D eigenvalue weighted by atomic mass is 32.1. The zero-order valence-electron chi connectivity index (χ0n) is 14.5. The minimum atomic E-state index is -0.345. The van der Waals surface area contributed by atoms with Gasteiger partial charge in [0.15, 0.2) is 5.13 Å². The van der Waals surface area contributed by atoms with E-state index in [1.807, 2.05) is 32.0 Å². The van der Waals surface area contributed by atoms with Gasteiger partial charge in [0, 0.05) is 5.69 Å². The first kappa shape index (κ1) is 17.0. The summed E-state index contributed by atoms with van der Waals surface area (Å²) in [6.45, 7) is 3.98. The number of hydrogen-bond donors (Lipinski definition) is 2. The van der Waals surface area contributed by atoms with E-state index >= 15 is 0 Å². The number of rotatable bonds is 4. The average Bonchev–Trinajstić information content (AvgIpc) is 2.96. The van der Waals surface area contributed by atoms with Gasteiger partial charge in [0.1, 0.15) is 21.7 Å². The van der Waals surface area contributed by atoms with Crippen molar-refractivity contribution in [3.63, 3.8) is 0 Å². The molecule has 1 aromatic heterocycles. The van der Waals surface area contributed by atoms with Crippen LogP contribution in [0.1, 0.15) is 11.1 Å². The second kappa shape index (κ2) is 6.98. The summed E-state index contributed by atoms with van der Waals surface area (Å²) < 4.78 is 11.5. The van der Waals surface area contributed by atoms with Crippen LogP contribution in [0.25, 0.3) is 10.2 Å². The van der Waals surface area contributed by atoms with Crippen LogP contribution < -0.4 is 20.1 Å². The molecule has 0 saturated carbocycles. The van der Waals surface area contributed by atoms with E-state index < -0.39 is 0 Å². The van der Waals surface area contributed by atoms with Crippen molar-refractivity contribution < 1.29 is 14.3 Å². The minimum Gasteiger partial charge on any atom is -0.495 e. The lowest BCUT2D eigenvalue weighted by atomic mass is 10.1. The molecular formula is C18H19N3O3S. The van der Waals surface area contributed by atoms with Gasteiger partial charge in [-0.2, -0.15) is 0 Å². The number of carbonyl (C=O) groups is 1. The van der Waals surface area contributed by atoms with Gasteiger partial charge >= 0.3 is 6.03 Å². The van der Waals surface area contributed by atoms with Crippen molar-refractivity contribution in [2.24, 2.45) is 0 Å². The number of aryl methyl sites for hydroxylation is 2. The number of benzene rings is 2. The molecule has 2 aromatic carbocycles. The molecule has 0 aliphatic rings. The zero-order chi connectivity index (χ0) is 18.0. The predicted octanol–water partition coefficient (Wildman–Crippen LogP) is 4.57. The maximum atomic E-state index is 12.3. The van der Waals surface area contributed by atoms with Crippen LogP contribution in [0, 0.1) is 13.8 Å². The highest BCUT2D eigenvalue weighted by Crippen LogP contribution is 2.38. The molecule has 0 saturated heterocycles. The number of urea groups is 1. The fourth-order valence-corrected chi connectivity index (χ4v) is 3.61. The smallest absolute Gasteiger partial charge is 0.325 e. The average molecular weight is 357 g/mol. The fraction of sp³-hybridized carbons (Fsp3) is 0.222. The van der Waals surface area contributed by atoms with E-state index in [0.717, 1.165) is 21.5 Å². The number of carbonyl (C=O) groups excluding carboxylic acids is 1. The Labute approximate surface area is 149 Å². The van der Waals surface area contributed by atoms with E-state index in [9.17, 15) is 4.79 Å². The van der Waals surface area contributed by atoms with E-state index in [0.29, 0.717) is 22.1 Å². The third kappa shape index (κ3) is 3.66. The fourth-order valence-electron chi connectivity index (χ4n) is 2.65. The van der Waals surface area contributed by atoms with Crippen LogP contribution in [0.4, 0.5) is 15.6 Å². The molecule has 2 N–H and O–H groups in total. The second-order valence-electron chi connectivity index (χ2n) is 5.62. The Balaban J connectivity index is 1.83. The van der Waals surface area contributed by atoms with Gasteiger partial charge in [-0.05, 0) is 49.2 Å². The molecule has 3 aromatic rings. The molecule has 6 nitrogen and oxygen atoms in total. The van der Waals surface area contributed by atoms with Crippen LogP contribution >= 0.6 is 11.3 Å². The van der Waals surface area contributed by atoms with Crippen molar-refractivity contribution in [1.82, 2.24) is 4.98 Å². The van der Waals surface area contributed by atoms with Gasteiger partial charge in [0.2, 0.25) is 0 Å². The van der Waals surface area contributed by atoms with Crippen molar-refractivity contribution >= 4 is 38.4 Å². The number of hydrogen-bond acceptors (Lipinski definition) is 5. The second-order valence-corrected chi connectivity index (χ2v) is 6.62. The Morgan fingerprint density at radius 2 is 1.64 bits per heavy atom. The van der Waals surface area contributed by atoms with Crippen LogP contribution in [0.15, 0.2) is 30.3 Å². The number of nitrogens with zero attached hydrogens (tertiary/aromatic N) is 1. The van der Waals surface area contributed by atoms with Crippen molar-refractivity contribution in [3.8, 4) is 11.5 Å². The molecule has 3 rings (SSSR count). The summed E-state index contributed by atoms with van der Waals surface area (Å²) >= 11 is 1.34. The van der Waals surface area contributed by atoms with Gasteiger partial charge in [-0.3, -0.25) is 5.32 Å². The molecule has 25 heavy (non-hydrogen) atoms. The van der Waals surface area contributed by atoms with Crippen molar-refractivity contribution in [1.29, 1.82) is 0 Å². The molecule has 0 bridgehead atoms. The molecule has 0 unspecified atom stereocenters. The number of fused-ring (bicyclic) bond motifs is 1. The first-order valence-corrected chi connectivity index (χ1v) is 8.49. The summed E-state index contributed by atoms with van der Waals surface area (Å²) in [4.78, 5) is 16.7. The van der Waals surface area contributed by atoms with E-state index in [2.05, 4.69) is 21.7 Å². The number of nitrogens with one attached hydrogen (secondary N) is 2. The quantitative estimate of drug-likeness (QED) is 0.717. The summed E-state index contributed by atoms with van der Waals surface area (Å²) in [5, 5.41) is 6.07. The minimum absolute atomic E-state index is 0.345. The summed E-state index contributed by atoms with van der Waals surface area (Å²) in [6.07, 6.45) is 0. The molecule has 130 valence electrons. The molecule has 1 heterocycles. The van der Waals surface area contributed by atoms with Gasteiger partial charge < -0.3 is 14.8 Å². The molecule has 7 heteroatoms. The monoisotopic (exact) mass is 357 g/mol. The predicted molar refractivity (Wildman–Crippen MR) is 101 cm³/mol. The maximum Gasteiger partial charge on any atom is 0.325 e. The zero-order valence-corrected chi connectivity index (χ0v) is 15.3. The van der Waals surface area contributed by atoms with Crippen LogP contribution in [0.5, 0.6) is 11.5 Å². The van der Waals surface area contributed by atoms with Crippen LogP contribution in [0.2, 0.25) is 0 Å². The highest BCUT2D eigenvalue weighted by Gasteiger charge is 2.15. The van der Waals surface area contributed by atoms with E-state index in [1.54, 1.807) is 20.3 Å². The summed E-state index contributed by atoms with van der Waals surface area (Å²) in [5.74, 6) is 1.32. The molecule has 0 aliphatic heterocycles. The number of aromatic nitrogens is 1. The van der Waals surface area contributed by atoms with Gasteiger partial charge in [0.05, 0.1) is 14.2 Å². The largest absolute Gasteiger partial charge is 0.495 e. The lowest BCUT2D eigenvalue weighted by Gasteiger charge is -2.07. The van der Waals surface area contributed by atoms with Gasteiger partial charge in [-0.1, -0.05) is 17.4 Å². The van der Waals surface area contributed by atoms with Crippen LogP contribution in [-0.2, 0) is 0 Å². The normalized spacial score (nSPS) is 10.6. The first-order chi connectivity index (χ1) is 12.0. The third-order valence-electron chi connectivity index (χ3n) is 3.61. The number of amides is 2. The Morgan fingerprint density at radius 3 is 2.28 bits per heavy atom. The van der Waals surface area contributed by atoms with E-state index in [4.69, 9.17) is 9.47 Å². The molecule has 2 amide bonds. The summed E-state index contributed by atoms with van der Waals surface area (Å²) in [6, 6.07) is 9.14. The Hall–Kier alpha value is -2.80. The molecule has 0 fully saturated rings. The Kier molecular flexibility index (Phi) is 4.76. The molecule has 0 atom stereocenters. The van der Waals surface area contributed by atoms with Gasteiger partial charge in [-0.15, -0.1) is 0 Å². The van der Waals surface area contributed by atoms with Gasteiger partial charge in [-0.25, -0.2) is 9.78 Å². The van der Waals surface area contributed by atoms with Crippen LogP contribution in [-0.4, -0.2) is 25.2 Å². The van der Waals surface area contributed by atoms with E-state index in [-0.39, 0.29) is 6.03 Å². The molecule has 0 spiro atoms. The maximum absolute atomic E-state index is 12.3. The lowest BCUT2D eigenvalue weighted by molar-refractivity contribution is 0.262. The third-order valence-corrected chi connectivity index (χ3v) is 4.60. The summed E-state index contributed by atoms with van der Waals surface area (Å²) in [5.41, 5.74) is 3.58. The molecule has 0 aliphatic carbocycles. The molecule has 0 radical (unpaired) electrons. The standard InChI is InChI=1S/C18H19N3O3S/c1-10-7-11(2)9-12(8-10)19-17(22)21-18-20-15-13(23-3)5-6-14(24-4)16(15)25-18/h5-9H,1-4H3,(H2,19,20,21,22). The summed E-state index contributed by atoms with van der Waals surface area (Å²) in [7, 11) is 3.18. The number of thiazole rings is 1. The SMILES string of the molecule is COc1ccc(OC)c2sc(NC(=O)Nc3cc(C)cc(C)c3)nc12. The number of methoxy groups -OCH3 is 2.